The first-order valence-corrected chi connectivity index (χ1v) is 9.71. The van der Waals surface area contributed by atoms with Crippen LogP contribution in [0.3, 0.4) is 0 Å². The summed E-state index contributed by atoms with van der Waals surface area (Å²) in [6.45, 7) is 0. The van der Waals surface area contributed by atoms with Gasteiger partial charge in [-0.15, -0.1) is 0 Å². The van der Waals surface area contributed by atoms with Crippen LogP contribution in [0.5, 0.6) is 17.2 Å². The fraction of sp³-hybridized carbons (Fsp3) is 0.409. The average molecular weight is 400 g/mol. The molecule has 3 atom stereocenters. The lowest BCUT2D eigenvalue weighted by Gasteiger charge is -2.21. The molecule has 7 nitrogen and oxygen atoms in total. The molecule has 3 rings (SSSR count). The number of carbonyl (C=O) groups is 1. The normalized spacial score (nSPS) is 19.7. The third kappa shape index (κ3) is 4.63. The molecule has 156 valence electrons. The number of methoxy groups -OCH3 is 2. The van der Waals surface area contributed by atoms with Crippen molar-refractivity contribution in [3.05, 3.63) is 53.1 Å². The Hall–Kier alpha value is -2.77. The molecule has 0 bridgehead atoms. The van der Waals surface area contributed by atoms with Crippen LogP contribution in [0.2, 0.25) is 0 Å². The number of ether oxygens (including phenoxy) is 2. The lowest BCUT2D eigenvalue weighted by atomic mass is 9.98. The molecule has 29 heavy (non-hydrogen) atoms. The molecule has 2 aromatic rings. The number of carbonyl (C=O) groups excluding carboxylic acids is 1. The number of rotatable bonds is 8. The molecule has 0 radical (unpaired) electrons. The summed E-state index contributed by atoms with van der Waals surface area (Å²) in [4.78, 5) is 11.4. The molecular formula is C22H28N2O5. The molecule has 0 saturated carbocycles. The summed E-state index contributed by atoms with van der Waals surface area (Å²) in [5.41, 5.74) is 6.94. The standard InChI is InChI=1S/C22H28N2O5/c1-28-19-5-3-4-13(21(19)29-2)6-8-15-9-10-17(24-15)20(26)14-7-11-18(25)16(12-14)22(23)27/h3-5,7,11-12,15,17,20,24-26H,6,8-10H2,1-2H3,(H2,23,27). The number of benzene rings is 2. The van der Waals surface area contributed by atoms with Crippen LogP contribution in [0.4, 0.5) is 0 Å². The molecule has 1 heterocycles. The van der Waals surface area contributed by atoms with E-state index < -0.39 is 12.0 Å². The van der Waals surface area contributed by atoms with Gasteiger partial charge in [-0.05, 0) is 55.0 Å². The van der Waals surface area contributed by atoms with E-state index in [0.29, 0.717) is 5.56 Å². The van der Waals surface area contributed by atoms with Gasteiger partial charge >= 0.3 is 0 Å². The summed E-state index contributed by atoms with van der Waals surface area (Å²) in [5, 5.41) is 24.0. The minimum absolute atomic E-state index is 0.0150. The van der Waals surface area contributed by atoms with Gasteiger partial charge in [0.25, 0.3) is 5.91 Å². The van der Waals surface area contributed by atoms with Crippen molar-refractivity contribution in [2.24, 2.45) is 5.73 Å². The van der Waals surface area contributed by atoms with Gasteiger partial charge in [-0.2, -0.15) is 0 Å². The Balaban J connectivity index is 1.62. The number of phenols is 1. The fourth-order valence-electron chi connectivity index (χ4n) is 3.97. The number of amides is 1. The highest BCUT2D eigenvalue weighted by Gasteiger charge is 2.30. The Morgan fingerprint density at radius 3 is 2.72 bits per heavy atom. The highest BCUT2D eigenvalue weighted by atomic mass is 16.5. The SMILES string of the molecule is COc1cccc(CCC2CCC(C(O)c3ccc(O)c(C(N)=O)c3)N2)c1OC. The number of aryl methyl sites for hydroxylation is 1. The highest BCUT2D eigenvalue weighted by molar-refractivity contribution is 5.95. The Bertz CT molecular complexity index is 870. The Kier molecular flexibility index (Phi) is 6.61. The number of nitrogens with two attached hydrogens (primary N) is 1. The van der Waals surface area contributed by atoms with Gasteiger partial charge < -0.3 is 30.7 Å². The summed E-state index contributed by atoms with van der Waals surface area (Å²) in [7, 11) is 3.26. The lowest BCUT2D eigenvalue weighted by Crippen LogP contribution is -2.34. The summed E-state index contributed by atoms with van der Waals surface area (Å²) in [5.74, 6) is 0.571. The topological polar surface area (TPSA) is 114 Å². The minimum atomic E-state index is -0.787. The first-order valence-electron chi connectivity index (χ1n) is 9.71. The quantitative estimate of drug-likeness (QED) is 0.541. The third-order valence-corrected chi connectivity index (χ3v) is 5.53. The zero-order chi connectivity index (χ0) is 21.0. The number of aromatic hydroxyl groups is 1. The number of nitrogens with one attached hydrogen (secondary N) is 1. The van der Waals surface area contributed by atoms with Crippen molar-refractivity contribution in [2.75, 3.05) is 14.2 Å². The van der Waals surface area contributed by atoms with Crippen molar-refractivity contribution in [1.82, 2.24) is 5.32 Å². The summed E-state index contributed by atoms with van der Waals surface area (Å²) < 4.78 is 10.9. The molecule has 0 aliphatic carbocycles. The van der Waals surface area contributed by atoms with Gasteiger partial charge in [-0.1, -0.05) is 18.2 Å². The molecule has 1 fully saturated rings. The molecule has 3 unspecified atom stereocenters. The Morgan fingerprint density at radius 2 is 2.03 bits per heavy atom. The van der Waals surface area contributed by atoms with Crippen LogP contribution in [-0.2, 0) is 6.42 Å². The molecule has 1 aliphatic heterocycles. The van der Waals surface area contributed by atoms with Gasteiger partial charge in [0.1, 0.15) is 5.75 Å². The van der Waals surface area contributed by atoms with E-state index in [-0.39, 0.29) is 23.4 Å². The molecule has 0 spiro atoms. The summed E-state index contributed by atoms with van der Waals surface area (Å²) in [6, 6.07) is 10.5. The molecule has 0 aromatic heterocycles. The average Bonchev–Trinajstić information content (AvgIpc) is 3.20. The first kappa shape index (κ1) is 21.0. The molecule has 1 saturated heterocycles. The van der Waals surface area contributed by atoms with Crippen LogP contribution < -0.4 is 20.5 Å². The van der Waals surface area contributed by atoms with Gasteiger partial charge in [0.2, 0.25) is 0 Å². The Morgan fingerprint density at radius 1 is 1.24 bits per heavy atom. The van der Waals surface area contributed by atoms with E-state index in [1.807, 2.05) is 18.2 Å². The third-order valence-electron chi connectivity index (χ3n) is 5.53. The lowest BCUT2D eigenvalue weighted by molar-refractivity contribution is 0.0996. The largest absolute Gasteiger partial charge is 0.507 e. The van der Waals surface area contributed by atoms with Crippen LogP contribution in [0.1, 0.15) is 46.9 Å². The van der Waals surface area contributed by atoms with Crippen molar-refractivity contribution >= 4 is 5.91 Å². The number of hydrogen-bond acceptors (Lipinski definition) is 6. The van der Waals surface area contributed by atoms with E-state index in [2.05, 4.69) is 5.32 Å². The predicted octanol–water partition coefficient (Wildman–Crippen LogP) is 2.30. The fourth-order valence-corrected chi connectivity index (χ4v) is 3.97. The maximum atomic E-state index is 11.4. The number of hydrogen-bond donors (Lipinski definition) is 4. The molecule has 5 N–H and O–H groups in total. The van der Waals surface area contributed by atoms with Crippen molar-refractivity contribution in [2.45, 2.75) is 43.9 Å². The maximum absolute atomic E-state index is 11.4. The second kappa shape index (κ2) is 9.15. The smallest absolute Gasteiger partial charge is 0.252 e. The van der Waals surface area contributed by atoms with Gasteiger partial charge in [0, 0.05) is 12.1 Å². The van der Waals surface area contributed by atoms with E-state index in [4.69, 9.17) is 15.2 Å². The predicted molar refractivity (Wildman–Crippen MR) is 109 cm³/mol. The monoisotopic (exact) mass is 400 g/mol. The number of aliphatic hydroxyl groups is 1. The van der Waals surface area contributed by atoms with Gasteiger partial charge in [0.15, 0.2) is 11.5 Å². The van der Waals surface area contributed by atoms with Crippen LogP contribution in [-0.4, -0.2) is 42.4 Å². The van der Waals surface area contributed by atoms with Gasteiger partial charge in [-0.25, -0.2) is 0 Å². The summed E-state index contributed by atoms with van der Waals surface area (Å²) in [6.07, 6.45) is 2.69. The maximum Gasteiger partial charge on any atom is 0.252 e. The second-order valence-corrected chi connectivity index (χ2v) is 7.32. The zero-order valence-electron chi connectivity index (χ0n) is 16.7. The van der Waals surface area contributed by atoms with E-state index in [9.17, 15) is 15.0 Å². The van der Waals surface area contributed by atoms with Gasteiger partial charge in [-0.3, -0.25) is 4.79 Å². The van der Waals surface area contributed by atoms with E-state index in [0.717, 1.165) is 42.7 Å². The summed E-state index contributed by atoms with van der Waals surface area (Å²) >= 11 is 0. The van der Waals surface area contributed by atoms with Crippen molar-refractivity contribution in [1.29, 1.82) is 0 Å². The molecule has 1 aliphatic rings. The number of aliphatic hydroxyl groups excluding tert-OH is 1. The first-order chi connectivity index (χ1) is 13.9. The number of para-hydroxylation sites is 1. The van der Waals surface area contributed by atoms with Crippen LogP contribution >= 0.6 is 0 Å². The van der Waals surface area contributed by atoms with Crippen LogP contribution in [0.25, 0.3) is 0 Å². The molecule has 7 heteroatoms. The molecule has 2 aromatic carbocycles. The van der Waals surface area contributed by atoms with Crippen LogP contribution in [0.15, 0.2) is 36.4 Å². The highest BCUT2D eigenvalue weighted by Crippen LogP contribution is 2.33. The zero-order valence-corrected chi connectivity index (χ0v) is 16.7. The minimum Gasteiger partial charge on any atom is -0.507 e. The second-order valence-electron chi connectivity index (χ2n) is 7.32. The molecule has 1 amide bonds. The Labute approximate surface area is 170 Å². The van der Waals surface area contributed by atoms with Crippen molar-refractivity contribution in [3.8, 4) is 17.2 Å². The van der Waals surface area contributed by atoms with Crippen molar-refractivity contribution in [3.63, 3.8) is 0 Å². The van der Waals surface area contributed by atoms with Crippen molar-refractivity contribution < 1.29 is 24.5 Å². The number of primary amides is 1. The molecular weight excluding hydrogens is 372 g/mol. The van der Waals surface area contributed by atoms with Crippen LogP contribution in [0, 0.1) is 0 Å². The van der Waals surface area contributed by atoms with Gasteiger partial charge in [0.05, 0.1) is 25.9 Å². The van der Waals surface area contributed by atoms with E-state index in [1.54, 1.807) is 20.3 Å². The van der Waals surface area contributed by atoms with E-state index >= 15 is 0 Å². The van der Waals surface area contributed by atoms with E-state index in [1.165, 1.54) is 12.1 Å².